The van der Waals surface area contributed by atoms with Crippen LogP contribution in [-0.2, 0) is 13.0 Å². The van der Waals surface area contributed by atoms with E-state index in [1.165, 1.54) is 31.2 Å². The molecule has 1 aliphatic heterocycles. The summed E-state index contributed by atoms with van der Waals surface area (Å²) in [4.78, 5) is 3.35. The summed E-state index contributed by atoms with van der Waals surface area (Å²) in [5.41, 5.74) is 1.21. The van der Waals surface area contributed by atoms with Crippen LogP contribution < -0.4 is 0 Å². The van der Waals surface area contributed by atoms with Gasteiger partial charge in [-0.3, -0.25) is 4.90 Å². The summed E-state index contributed by atoms with van der Waals surface area (Å²) in [5.74, 6) is 0.950. The standard InChI is InChI=1S/C17H20ClN5S/c18-14-7-5-13(6-8-14)11-16-21-23-15(19-20-17(23)24-16)12-22-9-3-1-2-4-10-22/h5-8H,1-4,9-12H2. The monoisotopic (exact) mass is 361 g/mol. The van der Waals surface area contributed by atoms with Crippen LogP contribution in [0, 0.1) is 0 Å². The van der Waals surface area contributed by atoms with E-state index in [1.807, 2.05) is 28.8 Å². The van der Waals surface area contributed by atoms with Gasteiger partial charge >= 0.3 is 0 Å². The quantitative estimate of drug-likeness (QED) is 0.709. The number of benzene rings is 1. The number of halogens is 1. The number of aromatic nitrogens is 4. The van der Waals surface area contributed by atoms with Crippen molar-refractivity contribution < 1.29 is 0 Å². The molecule has 5 nitrogen and oxygen atoms in total. The fourth-order valence-electron chi connectivity index (χ4n) is 3.14. The molecule has 0 N–H and O–H groups in total. The molecule has 1 aliphatic rings. The maximum absolute atomic E-state index is 5.95. The second-order valence-electron chi connectivity index (χ2n) is 6.30. The topological polar surface area (TPSA) is 46.3 Å². The Morgan fingerprint density at radius 3 is 2.50 bits per heavy atom. The zero-order valence-electron chi connectivity index (χ0n) is 13.5. The lowest BCUT2D eigenvalue weighted by atomic mass is 10.2. The van der Waals surface area contributed by atoms with Gasteiger partial charge in [-0.2, -0.15) is 9.61 Å². The smallest absolute Gasteiger partial charge is 0.234 e. The normalized spacial score (nSPS) is 16.5. The van der Waals surface area contributed by atoms with E-state index >= 15 is 0 Å². The summed E-state index contributed by atoms with van der Waals surface area (Å²) in [6, 6.07) is 7.93. The van der Waals surface area contributed by atoms with Crippen molar-refractivity contribution in [2.24, 2.45) is 0 Å². The van der Waals surface area contributed by atoms with Crippen molar-refractivity contribution in [1.29, 1.82) is 0 Å². The average molecular weight is 362 g/mol. The Morgan fingerprint density at radius 2 is 1.75 bits per heavy atom. The van der Waals surface area contributed by atoms with Crippen LogP contribution in [0.15, 0.2) is 24.3 Å². The third-order valence-electron chi connectivity index (χ3n) is 4.43. The van der Waals surface area contributed by atoms with Crippen molar-refractivity contribution >= 4 is 27.9 Å². The highest BCUT2D eigenvalue weighted by Crippen LogP contribution is 2.20. The van der Waals surface area contributed by atoms with Gasteiger partial charge in [-0.05, 0) is 43.6 Å². The highest BCUT2D eigenvalue weighted by atomic mass is 35.5. The summed E-state index contributed by atoms with van der Waals surface area (Å²) in [6.07, 6.45) is 6.04. The van der Waals surface area contributed by atoms with Gasteiger partial charge < -0.3 is 0 Å². The van der Waals surface area contributed by atoms with Crippen molar-refractivity contribution in [2.45, 2.75) is 38.6 Å². The molecule has 0 atom stereocenters. The molecule has 0 aliphatic carbocycles. The molecule has 126 valence electrons. The van der Waals surface area contributed by atoms with Crippen LogP contribution in [0.3, 0.4) is 0 Å². The third kappa shape index (κ3) is 3.61. The van der Waals surface area contributed by atoms with E-state index in [4.69, 9.17) is 16.7 Å². The Labute approximate surface area is 150 Å². The average Bonchev–Trinajstić information content (AvgIpc) is 3.02. The number of rotatable bonds is 4. The molecule has 0 saturated carbocycles. The molecule has 3 aromatic rings. The second kappa shape index (κ2) is 7.17. The van der Waals surface area contributed by atoms with Crippen molar-refractivity contribution in [3.63, 3.8) is 0 Å². The maximum Gasteiger partial charge on any atom is 0.234 e. The van der Waals surface area contributed by atoms with E-state index in [0.717, 1.165) is 46.9 Å². The van der Waals surface area contributed by atoms with Gasteiger partial charge in [0.25, 0.3) is 0 Å². The molecule has 1 fully saturated rings. The number of hydrogen-bond donors (Lipinski definition) is 0. The van der Waals surface area contributed by atoms with Crippen LogP contribution in [-0.4, -0.2) is 37.8 Å². The van der Waals surface area contributed by atoms with E-state index in [-0.39, 0.29) is 0 Å². The van der Waals surface area contributed by atoms with Gasteiger partial charge in [0.2, 0.25) is 4.96 Å². The lowest BCUT2D eigenvalue weighted by molar-refractivity contribution is 0.268. The van der Waals surface area contributed by atoms with Crippen LogP contribution in [0.1, 0.15) is 42.1 Å². The number of likely N-dealkylation sites (tertiary alicyclic amines) is 1. The Morgan fingerprint density at radius 1 is 1.00 bits per heavy atom. The highest BCUT2D eigenvalue weighted by molar-refractivity contribution is 7.16. The van der Waals surface area contributed by atoms with Crippen LogP contribution in [0.25, 0.3) is 4.96 Å². The van der Waals surface area contributed by atoms with Gasteiger partial charge in [0, 0.05) is 11.4 Å². The SMILES string of the molecule is Clc1ccc(Cc2nn3c(CN4CCCCCC4)nnc3s2)cc1. The molecule has 1 saturated heterocycles. The van der Waals surface area contributed by atoms with Gasteiger partial charge in [0.15, 0.2) is 5.82 Å². The van der Waals surface area contributed by atoms with E-state index in [9.17, 15) is 0 Å². The van der Waals surface area contributed by atoms with E-state index in [1.54, 1.807) is 11.3 Å². The van der Waals surface area contributed by atoms with E-state index < -0.39 is 0 Å². The van der Waals surface area contributed by atoms with Gasteiger partial charge in [0.1, 0.15) is 5.01 Å². The number of nitrogens with zero attached hydrogens (tertiary/aromatic N) is 5. The van der Waals surface area contributed by atoms with Gasteiger partial charge in [-0.25, -0.2) is 0 Å². The molecule has 1 aromatic carbocycles. The minimum absolute atomic E-state index is 0.761. The third-order valence-corrected chi connectivity index (χ3v) is 5.58. The maximum atomic E-state index is 5.95. The zero-order valence-corrected chi connectivity index (χ0v) is 15.1. The molecule has 3 heterocycles. The number of hydrogen-bond acceptors (Lipinski definition) is 5. The minimum Gasteiger partial charge on any atom is -0.296 e. The van der Waals surface area contributed by atoms with E-state index in [2.05, 4.69) is 15.1 Å². The molecule has 4 rings (SSSR count). The Kier molecular flexibility index (Phi) is 4.78. The highest BCUT2D eigenvalue weighted by Gasteiger charge is 2.16. The molecule has 0 unspecified atom stereocenters. The van der Waals surface area contributed by atoms with Gasteiger partial charge in [0.05, 0.1) is 6.54 Å². The summed E-state index contributed by atoms with van der Waals surface area (Å²) < 4.78 is 1.92. The predicted molar refractivity (Wildman–Crippen MR) is 96.7 cm³/mol. The molecule has 24 heavy (non-hydrogen) atoms. The van der Waals surface area contributed by atoms with Crippen LogP contribution in [0.4, 0.5) is 0 Å². The minimum atomic E-state index is 0.761. The molecule has 0 spiro atoms. The van der Waals surface area contributed by atoms with Crippen molar-refractivity contribution in [3.8, 4) is 0 Å². The van der Waals surface area contributed by atoms with Crippen molar-refractivity contribution in [1.82, 2.24) is 24.7 Å². The molecule has 7 heteroatoms. The second-order valence-corrected chi connectivity index (χ2v) is 7.78. The Balaban J connectivity index is 1.51. The van der Waals surface area contributed by atoms with Crippen LogP contribution in [0.5, 0.6) is 0 Å². The first kappa shape index (κ1) is 16.0. The zero-order chi connectivity index (χ0) is 16.4. The Hall–Kier alpha value is -1.50. The first-order chi connectivity index (χ1) is 11.8. The molecule has 0 radical (unpaired) electrons. The molecule has 0 amide bonds. The fraction of sp³-hybridized carbons (Fsp3) is 0.471. The van der Waals surface area contributed by atoms with Crippen LogP contribution in [0.2, 0.25) is 5.02 Å². The molecular weight excluding hydrogens is 342 g/mol. The lowest BCUT2D eigenvalue weighted by Crippen LogP contribution is -2.25. The van der Waals surface area contributed by atoms with E-state index in [0.29, 0.717) is 0 Å². The molecule has 2 aromatic heterocycles. The predicted octanol–water partition coefficient (Wildman–Crippen LogP) is 3.81. The molecular formula is C17H20ClN5S. The summed E-state index contributed by atoms with van der Waals surface area (Å²) in [7, 11) is 0. The van der Waals surface area contributed by atoms with Crippen molar-refractivity contribution in [3.05, 3.63) is 45.7 Å². The lowest BCUT2D eigenvalue weighted by Gasteiger charge is -2.17. The van der Waals surface area contributed by atoms with Crippen molar-refractivity contribution in [2.75, 3.05) is 13.1 Å². The fourth-order valence-corrected chi connectivity index (χ4v) is 4.15. The summed E-state index contributed by atoms with van der Waals surface area (Å²) in [6.45, 7) is 3.14. The first-order valence-corrected chi connectivity index (χ1v) is 9.64. The largest absolute Gasteiger partial charge is 0.296 e. The van der Waals surface area contributed by atoms with Gasteiger partial charge in [-0.1, -0.05) is 47.9 Å². The Bertz CT molecular complexity index is 802. The summed E-state index contributed by atoms with van der Waals surface area (Å²) in [5, 5.41) is 15.2. The summed E-state index contributed by atoms with van der Waals surface area (Å²) >= 11 is 7.56. The first-order valence-electron chi connectivity index (χ1n) is 8.45. The molecule has 0 bridgehead atoms. The van der Waals surface area contributed by atoms with Crippen LogP contribution >= 0.6 is 22.9 Å². The van der Waals surface area contributed by atoms with Gasteiger partial charge in [-0.15, -0.1) is 10.2 Å². The number of fused-ring (bicyclic) bond motifs is 1.